The largest absolute Gasteiger partial charge is 0.335 e. The van der Waals surface area contributed by atoms with Crippen molar-refractivity contribution >= 4 is 116 Å². The maximum Gasteiger partial charge on any atom is 0.0756 e. The molecule has 2 aliphatic heterocycles. The summed E-state index contributed by atoms with van der Waals surface area (Å²) in [5.41, 5.74) is 22.7. The fourth-order valence-corrected chi connectivity index (χ4v) is 17.0. The van der Waals surface area contributed by atoms with E-state index in [1.54, 1.807) is 0 Å². The number of hydrogen-bond acceptors (Lipinski definition) is 5. The van der Waals surface area contributed by atoms with E-state index in [2.05, 4.69) is 310 Å². The molecule has 4 aliphatic rings. The molecule has 2 aliphatic carbocycles. The summed E-state index contributed by atoms with van der Waals surface area (Å²) in [5.74, 6) is 0. The Balaban J connectivity index is 1.02. The Morgan fingerprint density at radius 3 is 1.60 bits per heavy atom. The zero-order chi connectivity index (χ0) is 59.2. The van der Waals surface area contributed by atoms with Gasteiger partial charge >= 0.3 is 0 Å². The molecule has 5 heteroatoms. The molecule has 0 radical (unpaired) electrons. The fraction of sp³-hybridized carbons (Fsp3) is 0.181. The first kappa shape index (κ1) is 52.9. The van der Waals surface area contributed by atoms with Crippen molar-refractivity contribution in [2.45, 2.75) is 95.9 Å². The van der Waals surface area contributed by atoms with Gasteiger partial charge in [-0.25, -0.2) is 0 Å². The highest BCUT2D eigenvalue weighted by Gasteiger charge is 2.55. The van der Waals surface area contributed by atoms with E-state index in [9.17, 15) is 0 Å². The van der Waals surface area contributed by atoms with Gasteiger partial charge in [-0.3, -0.25) is 0 Å². The summed E-state index contributed by atoms with van der Waals surface area (Å²) in [5, 5.41) is 7.46. The van der Waals surface area contributed by atoms with Crippen LogP contribution in [0, 0.1) is 0 Å². The first-order chi connectivity index (χ1) is 42.9. The second kappa shape index (κ2) is 19.8. The molecule has 0 saturated heterocycles. The fourth-order valence-electron chi connectivity index (χ4n) is 15.8. The van der Waals surface area contributed by atoms with Crippen molar-refractivity contribution < 1.29 is 0 Å². The summed E-state index contributed by atoms with van der Waals surface area (Å²) in [6, 6.07) is 96.3. The third kappa shape index (κ3) is 7.95. The summed E-state index contributed by atoms with van der Waals surface area (Å²) in [7, 11) is 0. The summed E-state index contributed by atoms with van der Waals surface area (Å²) in [4.78, 5) is 10.5. The van der Waals surface area contributed by atoms with E-state index >= 15 is 0 Å². The van der Waals surface area contributed by atoms with Crippen molar-refractivity contribution in [3.05, 3.63) is 282 Å². The van der Waals surface area contributed by atoms with Crippen molar-refractivity contribution in [1.82, 2.24) is 0 Å². The van der Waals surface area contributed by atoms with Crippen molar-refractivity contribution in [3.63, 3.8) is 0 Å². The van der Waals surface area contributed by atoms with E-state index in [1.165, 1.54) is 152 Å². The van der Waals surface area contributed by atoms with E-state index in [1.807, 2.05) is 11.3 Å². The lowest BCUT2D eigenvalue weighted by Crippen LogP contribution is -2.42. The van der Waals surface area contributed by atoms with Gasteiger partial charge < -0.3 is 19.6 Å². The first-order valence-corrected chi connectivity index (χ1v) is 32.6. The third-order valence-electron chi connectivity index (χ3n) is 19.9. The highest BCUT2D eigenvalue weighted by Crippen LogP contribution is 2.70. The molecule has 1 spiro atoms. The standard InChI is InChI=1S/C83H70N4S/c1-81(2,3)57-37-43-60(44-38-57)84(62-41-35-53-21-10-12-23-55(53)49-62)64-47-48-65-69(51-64)83(67-28-15-16-30-71(67)87-73-32-18-17-31-72(73)86(59-25-8-7-9-26-59)74-33-20-29-68(83)79(74)87)70-52-75(80-78(77(65)70)66-27-14-19-34-76(66)88-80)85(61-45-39-58(40-46-61)82(4,5)6)63-42-36-54-22-11-13-24-56(54)50-63/h10-24,27-52,59H,7-9,25-26H2,1-6H3. The minimum atomic E-state index is -0.814. The van der Waals surface area contributed by atoms with Gasteiger partial charge in [0.15, 0.2) is 0 Å². The molecule has 88 heavy (non-hydrogen) atoms. The van der Waals surface area contributed by atoms with Crippen LogP contribution in [0.3, 0.4) is 0 Å². The van der Waals surface area contributed by atoms with Gasteiger partial charge in [-0.1, -0.05) is 212 Å². The molecule has 0 amide bonds. The van der Waals surface area contributed by atoms with Crippen molar-refractivity contribution in [2.24, 2.45) is 0 Å². The Morgan fingerprint density at radius 2 is 0.932 bits per heavy atom. The van der Waals surface area contributed by atoms with Crippen LogP contribution in [0.1, 0.15) is 107 Å². The number of fused-ring (bicyclic) bond motifs is 17. The average Bonchev–Trinajstić information content (AvgIpc) is 1.40. The van der Waals surface area contributed by atoms with Crippen molar-refractivity contribution in [2.75, 3.05) is 19.6 Å². The number of anilines is 11. The predicted octanol–water partition coefficient (Wildman–Crippen LogP) is 23.8. The Kier molecular flexibility index (Phi) is 11.9. The molecule has 13 aromatic rings. The molecule has 1 atom stereocenters. The van der Waals surface area contributed by atoms with Crippen molar-refractivity contribution in [3.8, 4) is 11.1 Å². The molecule has 3 heterocycles. The first-order valence-electron chi connectivity index (χ1n) is 31.8. The topological polar surface area (TPSA) is 13.0 Å². The molecule has 1 unspecified atom stereocenters. The monoisotopic (exact) mass is 1150 g/mol. The number of rotatable bonds is 7. The lowest BCUT2D eigenvalue weighted by atomic mass is 9.64. The molecule has 428 valence electrons. The molecule has 1 fully saturated rings. The van der Waals surface area contributed by atoms with Gasteiger partial charge in [0.2, 0.25) is 0 Å². The van der Waals surface area contributed by atoms with E-state index < -0.39 is 5.41 Å². The number of benzene rings is 12. The lowest BCUT2D eigenvalue weighted by molar-refractivity contribution is 0.435. The average molecular weight is 1160 g/mol. The number of hydrogen-bond donors (Lipinski definition) is 0. The maximum absolute atomic E-state index is 2.77. The number of thiophene rings is 1. The summed E-state index contributed by atoms with van der Waals surface area (Å²) < 4.78 is 2.55. The van der Waals surface area contributed by atoms with E-state index in [4.69, 9.17) is 0 Å². The second-order valence-corrected chi connectivity index (χ2v) is 28.2. The van der Waals surface area contributed by atoms with E-state index in [0.717, 1.165) is 28.4 Å². The van der Waals surface area contributed by atoms with Crippen LogP contribution in [0.2, 0.25) is 0 Å². The van der Waals surface area contributed by atoms with Crippen LogP contribution in [0.15, 0.2) is 249 Å². The maximum atomic E-state index is 2.77. The highest BCUT2D eigenvalue weighted by atomic mass is 32.1. The molecule has 0 N–H and O–H groups in total. The highest BCUT2D eigenvalue weighted by molar-refractivity contribution is 7.26. The van der Waals surface area contributed by atoms with Crippen LogP contribution >= 0.6 is 11.3 Å². The molecule has 4 nitrogen and oxygen atoms in total. The third-order valence-corrected chi connectivity index (χ3v) is 21.1. The van der Waals surface area contributed by atoms with Crippen LogP contribution in [-0.2, 0) is 16.2 Å². The second-order valence-electron chi connectivity index (χ2n) is 27.1. The molecule has 1 aromatic heterocycles. The number of nitrogens with zero attached hydrogens (tertiary/aromatic N) is 4. The lowest BCUT2D eigenvalue weighted by Gasteiger charge is -2.51. The minimum Gasteiger partial charge on any atom is -0.335 e. The molecular weight excluding hydrogens is 1090 g/mol. The van der Waals surface area contributed by atoms with Crippen molar-refractivity contribution in [1.29, 1.82) is 0 Å². The van der Waals surface area contributed by atoms with Gasteiger partial charge in [-0.05, 0) is 187 Å². The molecule has 1 saturated carbocycles. The summed E-state index contributed by atoms with van der Waals surface area (Å²) in [6.07, 6.45) is 6.11. The van der Waals surface area contributed by atoms with E-state index in [0.29, 0.717) is 6.04 Å². The van der Waals surface area contributed by atoms with Gasteiger partial charge in [-0.15, -0.1) is 11.3 Å². The van der Waals surface area contributed by atoms with Crippen LogP contribution in [0.25, 0.3) is 52.8 Å². The SMILES string of the molecule is CC(C)(C)c1ccc(N(c2ccc3c(c2)C2(c4ccccc4N4c5ccccc5N(C5CCCCC5)c5cccc2c54)c2cc(N(c4ccc(C(C)(C)C)cc4)c4ccc5ccccc5c4)c4sc5ccccc5c4c2-3)c2ccc3ccccc3c2)cc1. The summed E-state index contributed by atoms with van der Waals surface area (Å²) in [6.45, 7) is 13.9. The Hall–Kier alpha value is -9.42. The van der Waals surface area contributed by atoms with Gasteiger partial charge in [0, 0.05) is 50.0 Å². The van der Waals surface area contributed by atoms with Crippen LogP contribution < -0.4 is 19.6 Å². The van der Waals surface area contributed by atoms with Gasteiger partial charge in [0.1, 0.15) is 0 Å². The Morgan fingerprint density at radius 1 is 0.409 bits per heavy atom. The zero-order valence-electron chi connectivity index (χ0n) is 51.0. The predicted molar refractivity (Wildman–Crippen MR) is 376 cm³/mol. The van der Waals surface area contributed by atoms with Gasteiger partial charge in [0.05, 0.1) is 44.2 Å². The van der Waals surface area contributed by atoms with Gasteiger partial charge in [-0.2, -0.15) is 0 Å². The quantitative estimate of drug-likeness (QED) is 0.158. The smallest absolute Gasteiger partial charge is 0.0756 e. The van der Waals surface area contributed by atoms with Gasteiger partial charge in [0.25, 0.3) is 0 Å². The Labute approximate surface area is 521 Å². The molecular formula is C83H70N4S. The van der Waals surface area contributed by atoms with E-state index in [-0.39, 0.29) is 10.8 Å². The van der Waals surface area contributed by atoms with Crippen LogP contribution in [-0.4, -0.2) is 6.04 Å². The molecule has 17 rings (SSSR count). The summed E-state index contributed by atoms with van der Waals surface area (Å²) >= 11 is 1.93. The minimum absolute atomic E-state index is 0.00202. The molecule has 12 aromatic carbocycles. The number of para-hydroxylation sites is 4. The van der Waals surface area contributed by atoms with Crippen LogP contribution in [0.5, 0.6) is 0 Å². The zero-order valence-corrected chi connectivity index (χ0v) is 51.8. The Bertz CT molecular complexity index is 4960. The molecule has 0 bridgehead atoms. The normalized spacial score (nSPS) is 16.0. The van der Waals surface area contributed by atoms with Crippen LogP contribution in [0.4, 0.5) is 62.6 Å².